The van der Waals surface area contributed by atoms with Gasteiger partial charge in [-0.2, -0.15) is 0 Å². The van der Waals surface area contributed by atoms with E-state index in [1.54, 1.807) is 18.3 Å². The van der Waals surface area contributed by atoms with E-state index in [9.17, 15) is 0 Å². The summed E-state index contributed by atoms with van der Waals surface area (Å²) in [6.45, 7) is 1.56. The predicted molar refractivity (Wildman–Crippen MR) is 71.3 cm³/mol. The Morgan fingerprint density at radius 2 is 2.41 bits per heavy atom. The first-order valence-corrected chi connectivity index (χ1v) is 6.16. The van der Waals surface area contributed by atoms with E-state index in [4.69, 9.17) is 22.7 Å². The van der Waals surface area contributed by atoms with Crippen LogP contribution in [0.2, 0.25) is 0 Å². The summed E-state index contributed by atoms with van der Waals surface area (Å²) < 4.78 is 5.58. The second kappa shape index (κ2) is 5.42. The van der Waals surface area contributed by atoms with Crippen molar-refractivity contribution in [3.05, 3.63) is 23.9 Å². The van der Waals surface area contributed by atoms with E-state index in [1.807, 2.05) is 0 Å². The van der Waals surface area contributed by atoms with Crippen molar-refractivity contribution in [1.29, 1.82) is 0 Å². The Morgan fingerprint density at radius 3 is 3.06 bits per heavy atom. The molecule has 0 radical (unpaired) electrons. The van der Waals surface area contributed by atoms with E-state index in [2.05, 4.69) is 16.9 Å². The highest BCUT2D eigenvalue weighted by molar-refractivity contribution is 7.80. The van der Waals surface area contributed by atoms with Gasteiger partial charge in [0, 0.05) is 30.4 Å². The third kappa shape index (κ3) is 3.64. The summed E-state index contributed by atoms with van der Waals surface area (Å²) in [5, 5.41) is 0. The molecule has 4 nitrogen and oxygen atoms in total. The van der Waals surface area contributed by atoms with Crippen LogP contribution >= 0.6 is 12.2 Å². The minimum absolute atomic E-state index is 0.368. The molecule has 0 saturated heterocycles. The second-order valence-electron chi connectivity index (χ2n) is 4.31. The standard InChI is InChI=1S/C12H17N3OS/c1-15(10-2-3-10)6-7-16-11-8-9(12(13)17)4-5-14-11/h4-5,8,10H,2-3,6-7H2,1H3,(H2,13,17). The van der Waals surface area contributed by atoms with Crippen LogP contribution in [0.5, 0.6) is 5.88 Å². The summed E-state index contributed by atoms with van der Waals surface area (Å²) >= 11 is 4.90. The zero-order valence-electron chi connectivity index (χ0n) is 9.93. The van der Waals surface area contributed by atoms with Gasteiger partial charge < -0.3 is 15.4 Å². The lowest BCUT2D eigenvalue weighted by Gasteiger charge is -2.15. The Kier molecular flexibility index (Phi) is 3.91. The molecule has 92 valence electrons. The van der Waals surface area contributed by atoms with Gasteiger partial charge in [0.15, 0.2) is 0 Å². The van der Waals surface area contributed by atoms with E-state index in [0.717, 1.165) is 18.2 Å². The highest BCUT2D eigenvalue weighted by Crippen LogP contribution is 2.24. The van der Waals surface area contributed by atoms with Crippen molar-refractivity contribution in [3.8, 4) is 5.88 Å². The molecule has 0 atom stereocenters. The van der Waals surface area contributed by atoms with Crippen molar-refractivity contribution in [2.24, 2.45) is 5.73 Å². The van der Waals surface area contributed by atoms with Gasteiger partial charge in [-0.05, 0) is 26.0 Å². The largest absolute Gasteiger partial charge is 0.476 e. The molecule has 2 rings (SSSR count). The van der Waals surface area contributed by atoms with E-state index in [1.165, 1.54) is 12.8 Å². The first-order chi connectivity index (χ1) is 8.16. The lowest BCUT2D eigenvalue weighted by molar-refractivity contribution is 0.226. The summed E-state index contributed by atoms with van der Waals surface area (Å²) in [5.74, 6) is 0.583. The molecule has 1 aromatic rings. The van der Waals surface area contributed by atoms with Crippen LogP contribution in [-0.4, -0.2) is 41.1 Å². The third-order valence-corrected chi connectivity index (χ3v) is 3.12. The van der Waals surface area contributed by atoms with Crippen molar-refractivity contribution in [3.63, 3.8) is 0 Å². The quantitative estimate of drug-likeness (QED) is 0.770. The lowest BCUT2D eigenvalue weighted by atomic mass is 10.3. The van der Waals surface area contributed by atoms with Gasteiger partial charge in [-0.25, -0.2) is 4.98 Å². The monoisotopic (exact) mass is 251 g/mol. The topological polar surface area (TPSA) is 51.4 Å². The fraction of sp³-hybridized carbons (Fsp3) is 0.500. The summed E-state index contributed by atoms with van der Waals surface area (Å²) in [4.78, 5) is 6.81. The summed E-state index contributed by atoms with van der Waals surface area (Å²) in [5.41, 5.74) is 6.34. The highest BCUT2D eigenvalue weighted by Gasteiger charge is 2.25. The maximum atomic E-state index is 5.58. The molecular weight excluding hydrogens is 234 g/mol. The Bertz CT molecular complexity index is 406. The van der Waals surface area contributed by atoms with Gasteiger partial charge in [-0.3, -0.25) is 0 Å². The highest BCUT2D eigenvalue weighted by atomic mass is 32.1. The number of thiocarbonyl (C=S) groups is 1. The van der Waals surface area contributed by atoms with Crippen LogP contribution < -0.4 is 10.5 Å². The average molecular weight is 251 g/mol. The fourth-order valence-corrected chi connectivity index (χ4v) is 1.76. The van der Waals surface area contributed by atoms with Crippen molar-refractivity contribution >= 4 is 17.2 Å². The molecule has 1 saturated carbocycles. The van der Waals surface area contributed by atoms with Gasteiger partial charge in [0.1, 0.15) is 11.6 Å². The van der Waals surface area contributed by atoms with Crippen LogP contribution in [0.15, 0.2) is 18.3 Å². The molecule has 0 spiro atoms. The van der Waals surface area contributed by atoms with Crippen molar-refractivity contribution < 1.29 is 4.74 Å². The van der Waals surface area contributed by atoms with E-state index >= 15 is 0 Å². The molecule has 0 amide bonds. The number of hydrogen-bond acceptors (Lipinski definition) is 4. The average Bonchev–Trinajstić information content (AvgIpc) is 3.13. The molecule has 1 heterocycles. The number of ether oxygens (including phenoxy) is 1. The van der Waals surface area contributed by atoms with Gasteiger partial charge in [0.05, 0.1) is 0 Å². The number of rotatable bonds is 6. The van der Waals surface area contributed by atoms with Crippen LogP contribution in [0, 0.1) is 0 Å². The molecule has 2 N–H and O–H groups in total. The molecule has 1 aliphatic carbocycles. The van der Waals surface area contributed by atoms with Crippen LogP contribution in [0.3, 0.4) is 0 Å². The normalized spacial score (nSPS) is 14.9. The minimum atomic E-state index is 0.368. The minimum Gasteiger partial charge on any atom is -0.476 e. The van der Waals surface area contributed by atoms with E-state index in [-0.39, 0.29) is 0 Å². The SMILES string of the molecule is CN(CCOc1cc(C(N)=S)ccn1)C1CC1. The Balaban J connectivity index is 1.81. The number of hydrogen-bond donors (Lipinski definition) is 1. The Hall–Kier alpha value is -1.20. The predicted octanol–water partition coefficient (Wildman–Crippen LogP) is 1.19. The van der Waals surface area contributed by atoms with E-state index in [0.29, 0.717) is 17.5 Å². The molecular formula is C12H17N3OS. The second-order valence-corrected chi connectivity index (χ2v) is 4.75. The van der Waals surface area contributed by atoms with Gasteiger partial charge >= 0.3 is 0 Å². The van der Waals surface area contributed by atoms with E-state index < -0.39 is 0 Å². The molecule has 0 aliphatic heterocycles. The fourth-order valence-electron chi connectivity index (χ4n) is 1.63. The molecule has 5 heteroatoms. The Morgan fingerprint density at radius 1 is 1.65 bits per heavy atom. The van der Waals surface area contributed by atoms with Crippen LogP contribution in [0.25, 0.3) is 0 Å². The molecule has 0 bridgehead atoms. The zero-order chi connectivity index (χ0) is 12.3. The number of likely N-dealkylation sites (N-methyl/N-ethyl adjacent to an activating group) is 1. The summed E-state index contributed by atoms with van der Waals surface area (Å²) in [7, 11) is 2.12. The molecule has 1 fully saturated rings. The third-order valence-electron chi connectivity index (χ3n) is 2.88. The van der Waals surface area contributed by atoms with Gasteiger partial charge in [-0.1, -0.05) is 12.2 Å². The first kappa shape index (κ1) is 12.3. The lowest BCUT2D eigenvalue weighted by Crippen LogP contribution is -2.26. The van der Waals surface area contributed by atoms with Crippen molar-refractivity contribution in [2.75, 3.05) is 20.2 Å². The van der Waals surface area contributed by atoms with Crippen molar-refractivity contribution in [2.45, 2.75) is 18.9 Å². The van der Waals surface area contributed by atoms with Crippen LogP contribution in [0.1, 0.15) is 18.4 Å². The van der Waals surface area contributed by atoms with Crippen LogP contribution in [-0.2, 0) is 0 Å². The summed E-state index contributed by atoms with van der Waals surface area (Å²) in [6, 6.07) is 4.32. The number of nitrogens with two attached hydrogens (primary N) is 1. The molecule has 1 aromatic heterocycles. The summed E-state index contributed by atoms with van der Waals surface area (Å²) in [6.07, 6.45) is 4.28. The van der Waals surface area contributed by atoms with Crippen LogP contribution in [0.4, 0.5) is 0 Å². The number of nitrogens with zero attached hydrogens (tertiary/aromatic N) is 2. The molecule has 0 aromatic carbocycles. The van der Waals surface area contributed by atoms with Gasteiger partial charge in [-0.15, -0.1) is 0 Å². The molecule has 1 aliphatic rings. The van der Waals surface area contributed by atoms with Crippen molar-refractivity contribution in [1.82, 2.24) is 9.88 Å². The maximum absolute atomic E-state index is 5.58. The molecule has 0 unspecified atom stereocenters. The molecule has 17 heavy (non-hydrogen) atoms. The zero-order valence-corrected chi connectivity index (χ0v) is 10.7. The smallest absolute Gasteiger partial charge is 0.213 e. The Labute approximate surface area is 107 Å². The van der Waals surface area contributed by atoms with Gasteiger partial charge in [0.25, 0.3) is 0 Å². The maximum Gasteiger partial charge on any atom is 0.213 e. The number of aromatic nitrogens is 1. The van der Waals surface area contributed by atoms with Gasteiger partial charge in [0.2, 0.25) is 5.88 Å². The first-order valence-electron chi connectivity index (χ1n) is 5.75. The number of pyridine rings is 1.